The Morgan fingerprint density at radius 1 is 0.568 bits per heavy atom. The molecule has 4 atom stereocenters. The van der Waals surface area contributed by atoms with Crippen molar-refractivity contribution in [1.82, 2.24) is 9.97 Å². The second kappa shape index (κ2) is 13.9. The zero-order valence-corrected chi connectivity index (χ0v) is 24.9. The number of H-pyrrole nitrogens is 2. The number of fused-ring (bicyclic) bond motifs is 2. The fourth-order valence-corrected chi connectivity index (χ4v) is 5.41. The highest BCUT2D eigenvalue weighted by Crippen LogP contribution is 2.41. The van der Waals surface area contributed by atoms with Gasteiger partial charge in [-0.2, -0.15) is 0 Å². The number of benzene rings is 2. The van der Waals surface area contributed by atoms with Crippen LogP contribution in [-0.4, -0.2) is 70.8 Å². The average molecular weight is 607 g/mol. The van der Waals surface area contributed by atoms with Crippen LogP contribution in [0.2, 0.25) is 0 Å². The number of ether oxygens (including phenoxy) is 5. The van der Waals surface area contributed by atoms with E-state index in [2.05, 4.69) is 9.97 Å². The number of nitrogens with one attached hydrogen (secondary N) is 2. The van der Waals surface area contributed by atoms with Crippen molar-refractivity contribution >= 4 is 51.7 Å². The topological polar surface area (TPSA) is 163 Å². The predicted molar refractivity (Wildman–Crippen MR) is 157 cm³/mol. The summed E-state index contributed by atoms with van der Waals surface area (Å²) in [6, 6.07) is 15.0. The number of esters is 5. The Bertz CT molecular complexity index is 1600. The van der Waals surface area contributed by atoms with E-state index in [4.69, 9.17) is 23.7 Å². The van der Waals surface area contributed by atoms with Gasteiger partial charge in [-0.3, -0.25) is 24.0 Å². The van der Waals surface area contributed by atoms with Gasteiger partial charge in [0, 0.05) is 68.8 Å². The summed E-state index contributed by atoms with van der Waals surface area (Å²) < 4.78 is 28.0. The maximum atomic E-state index is 12.8. The van der Waals surface area contributed by atoms with Gasteiger partial charge in [-0.1, -0.05) is 36.4 Å². The van der Waals surface area contributed by atoms with Gasteiger partial charge in [-0.15, -0.1) is 0 Å². The molecule has 0 fully saturated rings. The molecule has 0 spiro atoms. The van der Waals surface area contributed by atoms with Gasteiger partial charge in [-0.05, 0) is 23.3 Å². The van der Waals surface area contributed by atoms with E-state index in [1.807, 2.05) is 48.5 Å². The molecule has 4 aromatic rings. The largest absolute Gasteiger partial charge is 0.462 e. The summed E-state index contributed by atoms with van der Waals surface area (Å²) in [5.41, 5.74) is 2.95. The molecule has 12 heteroatoms. The Kier molecular flexibility index (Phi) is 10.0. The van der Waals surface area contributed by atoms with Crippen LogP contribution in [0.3, 0.4) is 0 Å². The molecule has 2 aromatic carbocycles. The molecule has 0 bridgehead atoms. The van der Waals surface area contributed by atoms with Crippen molar-refractivity contribution < 1.29 is 47.7 Å². The number of rotatable bonds is 12. The highest BCUT2D eigenvalue weighted by Gasteiger charge is 2.48. The maximum Gasteiger partial charge on any atom is 0.303 e. The fraction of sp³-hybridized carbons (Fsp3) is 0.344. The van der Waals surface area contributed by atoms with Gasteiger partial charge < -0.3 is 33.7 Å². The Labute approximate surface area is 252 Å². The number of aromatic nitrogens is 2. The zero-order valence-electron chi connectivity index (χ0n) is 24.9. The van der Waals surface area contributed by atoms with Gasteiger partial charge in [-0.25, -0.2) is 0 Å². The van der Waals surface area contributed by atoms with Gasteiger partial charge in [0.25, 0.3) is 0 Å². The number of hydrogen-bond donors (Lipinski definition) is 2. The first-order valence-electron chi connectivity index (χ1n) is 13.9. The van der Waals surface area contributed by atoms with Gasteiger partial charge >= 0.3 is 29.8 Å². The number of carbonyl (C=O) groups excluding carboxylic acids is 5. The molecule has 44 heavy (non-hydrogen) atoms. The first-order valence-corrected chi connectivity index (χ1v) is 13.9. The minimum absolute atomic E-state index is 0.539. The van der Waals surface area contributed by atoms with Crippen LogP contribution in [0, 0.1) is 0 Å². The zero-order chi connectivity index (χ0) is 32.0. The quantitative estimate of drug-likeness (QED) is 0.178. The molecule has 0 aliphatic rings. The van der Waals surface area contributed by atoms with Crippen LogP contribution in [0.1, 0.15) is 51.7 Å². The molecular weight excluding hydrogens is 572 g/mol. The van der Waals surface area contributed by atoms with E-state index < -0.39 is 66.8 Å². The van der Waals surface area contributed by atoms with E-state index >= 15 is 0 Å². The van der Waals surface area contributed by atoms with E-state index in [0.29, 0.717) is 11.1 Å². The van der Waals surface area contributed by atoms with Gasteiger partial charge in [0.1, 0.15) is 6.61 Å². The molecule has 232 valence electrons. The van der Waals surface area contributed by atoms with Crippen molar-refractivity contribution in [3.63, 3.8) is 0 Å². The summed E-state index contributed by atoms with van der Waals surface area (Å²) in [6.07, 6.45) is -2.37. The molecule has 0 aliphatic heterocycles. The van der Waals surface area contributed by atoms with Gasteiger partial charge in [0.2, 0.25) is 0 Å². The highest BCUT2D eigenvalue weighted by molar-refractivity contribution is 5.88. The second-order valence-corrected chi connectivity index (χ2v) is 10.2. The van der Waals surface area contributed by atoms with Crippen molar-refractivity contribution in [3.05, 3.63) is 72.1 Å². The van der Waals surface area contributed by atoms with Gasteiger partial charge in [0.15, 0.2) is 24.4 Å². The van der Waals surface area contributed by atoms with Crippen molar-refractivity contribution in [2.75, 3.05) is 6.61 Å². The van der Waals surface area contributed by atoms with Crippen molar-refractivity contribution in [2.45, 2.75) is 65.0 Å². The van der Waals surface area contributed by atoms with Crippen LogP contribution in [0.4, 0.5) is 0 Å². The average Bonchev–Trinajstić information content (AvgIpc) is 3.57. The molecule has 0 radical (unpaired) electrons. The summed E-state index contributed by atoms with van der Waals surface area (Å²) >= 11 is 0. The van der Waals surface area contributed by atoms with Crippen LogP contribution in [0.5, 0.6) is 0 Å². The third-order valence-corrected chi connectivity index (χ3v) is 6.93. The van der Waals surface area contributed by atoms with Crippen LogP contribution in [-0.2, 0) is 47.7 Å². The van der Waals surface area contributed by atoms with E-state index in [0.717, 1.165) is 49.5 Å². The number of aromatic amines is 2. The molecule has 0 amide bonds. The third-order valence-electron chi connectivity index (χ3n) is 6.93. The Morgan fingerprint density at radius 3 is 1.45 bits per heavy atom. The number of hydrogen-bond acceptors (Lipinski definition) is 10. The lowest BCUT2D eigenvalue weighted by Crippen LogP contribution is -2.54. The van der Waals surface area contributed by atoms with Crippen LogP contribution >= 0.6 is 0 Å². The van der Waals surface area contributed by atoms with E-state index in [-0.39, 0.29) is 0 Å². The molecule has 2 N–H and O–H groups in total. The lowest BCUT2D eigenvalue weighted by Gasteiger charge is -2.38. The lowest BCUT2D eigenvalue weighted by atomic mass is 9.81. The van der Waals surface area contributed by atoms with E-state index in [1.165, 1.54) is 6.92 Å². The maximum absolute atomic E-state index is 12.8. The molecular formula is C32H34N2O10. The number of para-hydroxylation sites is 2. The molecule has 0 saturated carbocycles. The summed E-state index contributed by atoms with van der Waals surface area (Å²) in [5, 5.41) is 1.59. The third kappa shape index (κ3) is 7.44. The first kappa shape index (κ1) is 31.8. The van der Waals surface area contributed by atoms with Crippen molar-refractivity contribution in [1.29, 1.82) is 0 Å². The minimum Gasteiger partial charge on any atom is -0.462 e. The van der Waals surface area contributed by atoms with Crippen LogP contribution in [0.15, 0.2) is 60.9 Å². The Balaban J connectivity index is 2.00. The highest BCUT2D eigenvalue weighted by atomic mass is 16.6. The SMILES string of the molecule is CC(=O)OC[C@@H](OC(C)=O)[C@@H](OC(C)=O)[C@H](OC(C)=O)[C@@H](OC(C)=O)C(c1c[nH]c2ccccc12)c1c[nH]c2ccccc12. The summed E-state index contributed by atoms with van der Waals surface area (Å²) in [6.45, 7) is 5.19. The monoisotopic (exact) mass is 606 g/mol. The van der Waals surface area contributed by atoms with Crippen molar-refractivity contribution in [3.8, 4) is 0 Å². The molecule has 0 unspecified atom stereocenters. The fourth-order valence-electron chi connectivity index (χ4n) is 5.41. The smallest absolute Gasteiger partial charge is 0.303 e. The lowest BCUT2D eigenvalue weighted by molar-refractivity contribution is -0.203. The Hall–Kier alpha value is -5.13. The van der Waals surface area contributed by atoms with E-state index in [9.17, 15) is 24.0 Å². The summed E-state index contributed by atoms with van der Waals surface area (Å²) in [7, 11) is 0. The molecule has 12 nitrogen and oxygen atoms in total. The molecule has 4 rings (SSSR count). The summed E-state index contributed by atoms with van der Waals surface area (Å²) in [5.74, 6) is -4.64. The number of carbonyl (C=O) groups is 5. The molecule has 2 aromatic heterocycles. The Morgan fingerprint density at radius 2 is 1.00 bits per heavy atom. The first-order chi connectivity index (χ1) is 21.0. The normalized spacial score (nSPS) is 14.0. The van der Waals surface area contributed by atoms with E-state index in [1.54, 1.807) is 12.4 Å². The standard InChI is InChI=1S/C32H34N2O10/c1-17(35)40-16-28(41-18(2)36)30(42-19(3)37)32(44-21(5)39)31(43-20(4)38)29(24-14-33-26-12-8-6-10-22(24)26)25-15-34-27-13-9-7-11-23(25)27/h6-15,28-34H,16H2,1-5H3/t28-,30-,31+,32+/m1/s1. The molecule has 2 heterocycles. The molecule has 0 saturated heterocycles. The van der Waals surface area contributed by atoms with Gasteiger partial charge in [0.05, 0.1) is 5.92 Å². The predicted octanol–water partition coefficient (Wildman–Crippen LogP) is 4.07. The van der Waals surface area contributed by atoms with Crippen LogP contribution in [0.25, 0.3) is 21.8 Å². The van der Waals surface area contributed by atoms with Crippen LogP contribution < -0.4 is 0 Å². The minimum atomic E-state index is -1.57. The van der Waals surface area contributed by atoms with Crippen molar-refractivity contribution in [2.24, 2.45) is 0 Å². The second-order valence-electron chi connectivity index (χ2n) is 10.2. The summed E-state index contributed by atoms with van der Waals surface area (Å²) in [4.78, 5) is 68.3. The molecule has 0 aliphatic carbocycles.